The fourth-order valence-corrected chi connectivity index (χ4v) is 3.96. The summed E-state index contributed by atoms with van der Waals surface area (Å²) < 4.78 is 16.8. The number of nitrogens with zero attached hydrogens (tertiary/aromatic N) is 6. The third-order valence-corrected chi connectivity index (χ3v) is 5.56. The summed E-state index contributed by atoms with van der Waals surface area (Å²) in [6.07, 6.45) is 8.83. The number of nitrogens with one attached hydrogen (secondary N) is 2. The Hall–Kier alpha value is -4.40. The maximum atomic E-state index is 14.9. The number of aryl methyl sites for hydroxylation is 2. The minimum absolute atomic E-state index is 0.254. The number of benzene rings is 1. The number of aromatic nitrogens is 8. The molecule has 1 aromatic carbocycles. The summed E-state index contributed by atoms with van der Waals surface area (Å²) in [6, 6.07) is 7.18. The Morgan fingerprint density at radius 1 is 1.06 bits per heavy atom. The molecule has 8 nitrogen and oxygen atoms in total. The molecule has 0 fully saturated rings. The highest BCUT2D eigenvalue weighted by atomic mass is 19.1. The Morgan fingerprint density at radius 3 is 2.78 bits per heavy atom. The van der Waals surface area contributed by atoms with E-state index in [0.29, 0.717) is 22.6 Å². The van der Waals surface area contributed by atoms with Crippen LogP contribution in [0.1, 0.15) is 11.3 Å². The van der Waals surface area contributed by atoms with Crippen molar-refractivity contribution in [3.05, 3.63) is 72.5 Å². The largest absolute Gasteiger partial charge is 0.334 e. The first kappa shape index (κ1) is 18.4. The third kappa shape index (κ3) is 2.78. The monoisotopic (exact) mass is 424 g/mol. The summed E-state index contributed by atoms with van der Waals surface area (Å²) in [6.45, 7) is 3.90. The van der Waals surface area contributed by atoms with Gasteiger partial charge in [-0.3, -0.25) is 10.1 Å². The van der Waals surface area contributed by atoms with Gasteiger partial charge < -0.3 is 9.55 Å². The van der Waals surface area contributed by atoms with Gasteiger partial charge in [-0.25, -0.2) is 19.3 Å². The lowest BCUT2D eigenvalue weighted by molar-refractivity contribution is 0.636. The van der Waals surface area contributed by atoms with Crippen molar-refractivity contribution in [3.63, 3.8) is 0 Å². The van der Waals surface area contributed by atoms with Crippen LogP contribution in [-0.4, -0.2) is 39.7 Å². The first-order valence-corrected chi connectivity index (χ1v) is 10.0. The minimum Gasteiger partial charge on any atom is -0.334 e. The van der Waals surface area contributed by atoms with Crippen molar-refractivity contribution < 1.29 is 4.39 Å². The molecule has 0 saturated carbocycles. The van der Waals surface area contributed by atoms with E-state index in [4.69, 9.17) is 0 Å². The lowest BCUT2D eigenvalue weighted by atomic mass is 10.0. The van der Waals surface area contributed by atoms with Crippen LogP contribution in [0.15, 0.2) is 55.4 Å². The number of H-pyrrole nitrogens is 2. The number of rotatable bonds is 3. The van der Waals surface area contributed by atoms with E-state index in [-0.39, 0.29) is 5.52 Å². The Bertz CT molecular complexity index is 1620. The van der Waals surface area contributed by atoms with Gasteiger partial charge in [-0.2, -0.15) is 5.10 Å². The molecule has 6 aromatic rings. The van der Waals surface area contributed by atoms with Crippen molar-refractivity contribution in [1.82, 2.24) is 39.7 Å². The number of pyridine rings is 2. The molecular formula is C23H17FN8. The number of fused-ring (bicyclic) bond motifs is 2. The maximum absolute atomic E-state index is 14.9. The molecule has 5 aromatic heterocycles. The van der Waals surface area contributed by atoms with Crippen LogP contribution in [-0.2, 0) is 0 Å². The molecule has 0 radical (unpaired) electrons. The Morgan fingerprint density at radius 2 is 1.97 bits per heavy atom. The van der Waals surface area contributed by atoms with E-state index < -0.39 is 5.82 Å². The van der Waals surface area contributed by atoms with Crippen LogP contribution in [0.25, 0.3) is 50.4 Å². The summed E-state index contributed by atoms with van der Waals surface area (Å²) in [5, 5.41) is 7.76. The predicted molar refractivity (Wildman–Crippen MR) is 119 cm³/mol. The summed E-state index contributed by atoms with van der Waals surface area (Å²) in [5.41, 5.74) is 6.53. The van der Waals surface area contributed by atoms with Crippen LogP contribution in [0.4, 0.5) is 4.39 Å². The average molecular weight is 424 g/mol. The molecule has 156 valence electrons. The Labute approximate surface area is 181 Å². The van der Waals surface area contributed by atoms with Gasteiger partial charge in [0, 0.05) is 35.7 Å². The van der Waals surface area contributed by atoms with E-state index in [2.05, 4.69) is 35.1 Å². The van der Waals surface area contributed by atoms with Gasteiger partial charge in [0.25, 0.3) is 0 Å². The van der Waals surface area contributed by atoms with Crippen molar-refractivity contribution >= 4 is 22.1 Å². The van der Waals surface area contributed by atoms with Crippen LogP contribution < -0.4 is 0 Å². The fourth-order valence-electron chi connectivity index (χ4n) is 3.96. The second kappa shape index (κ2) is 6.81. The molecule has 0 aliphatic carbocycles. The quantitative estimate of drug-likeness (QED) is 0.435. The van der Waals surface area contributed by atoms with E-state index >= 15 is 0 Å². The highest BCUT2D eigenvalue weighted by Gasteiger charge is 2.18. The molecule has 0 amide bonds. The number of aromatic amines is 2. The maximum Gasteiger partial charge on any atom is 0.180 e. The Balaban J connectivity index is 1.55. The smallest absolute Gasteiger partial charge is 0.180 e. The predicted octanol–water partition coefficient (Wildman–Crippen LogP) is 4.50. The SMILES string of the molecule is Cc1cn(-c2ccnc3nc(-c4[nH]nc5c(F)cc(-c6cnccc6C)cc45)[nH]c23)cn1. The molecule has 0 unspecified atom stereocenters. The molecule has 32 heavy (non-hydrogen) atoms. The normalized spacial score (nSPS) is 11.6. The van der Waals surface area contributed by atoms with Crippen LogP contribution in [0.3, 0.4) is 0 Å². The van der Waals surface area contributed by atoms with Crippen molar-refractivity contribution in [2.24, 2.45) is 0 Å². The number of hydrogen-bond acceptors (Lipinski definition) is 5. The lowest BCUT2D eigenvalue weighted by Gasteiger charge is -2.06. The molecule has 6 rings (SSSR count). The number of hydrogen-bond donors (Lipinski definition) is 2. The summed E-state index contributed by atoms with van der Waals surface area (Å²) >= 11 is 0. The van der Waals surface area contributed by atoms with Gasteiger partial charge >= 0.3 is 0 Å². The van der Waals surface area contributed by atoms with Crippen LogP contribution in [0.2, 0.25) is 0 Å². The van der Waals surface area contributed by atoms with Crippen molar-refractivity contribution in [2.75, 3.05) is 0 Å². The van der Waals surface area contributed by atoms with Gasteiger partial charge in [0.2, 0.25) is 0 Å². The minimum atomic E-state index is -0.410. The molecule has 5 heterocycles. The molecule has 0 saturated heterocycles. The van der Waals surface area contributed by atoms with Gasteiger partial charge in [0.1, 0.15) is 16.7 Å². The average Bonchev–Trinajstić information content (AvgIpc) is 3.51. The molecule has 0 bridgehead atoms. The standard InChI is InChI=1S/C23H17FN8/c1-12-3-5-25-9-16(12)14-7-15-19(17(24)8-14)30-31-20(15)23-28-21-18(4-6-26-22(21)29-23)32-10-13(2)27-11-32/h3-11H,1-2H3,(H,30,31)(H,26,28,29). The van der Waals surface area contributed by atoms with E-state index in [1.807, 2.05) is 42.8 Å². The third-order valence-electron chi connectivity index (χ3n) is 5.56. The van der Waals surface area contributed by atoms with Crippen molar-refractivity contribution in [2.45, 2.75) is 13.8 Å². The van der Waals surface area contributed by atoms with Gasteiger partial charge in [-0.1, -0.05) is 0 Å². The summed E-state index contributed by atoms with van der Waals surface area (Å²) in [5.74, 6) is 0.116. The molecule has 0 atom stereocenters. The van der Waals surface area contributed by atoms with Crippen molar-refractivity contribution in [3.8, 4) is 28.3 Å². The van der Waals surface area contributed by atoms with E-state index in [0.717, 1.165) is 33.6 Å². The zero-order chi connectivity index (χ0) is 21.8. The molecule has 0 spiro atoms. The molecule has 0 aliphatic rings. The van der Waals surface area contributed by atoms with E-state index in [1.165, 1.54) is 6.07 Å². The van der Waals surface area contributed by atoms with Gasteiger partial charge in [0.15, 0.2) is 17.3 Å². The van der Waals surface area contributed by atoms with Gasteiger partial charge in [0.05, 0.1) is 17.7 Å². The Kier molecular flexibility index (Phi) is 3.91. The molecule has 0 aliphatic heterocycles. The second-order valence-corrected chi connectivity index (χ2v) is 7.68. The molecule has 9 heteroatoms. The first-order chi connectivity index (χ1) is 15.6. The second-order valence-electron chi connectivity index (χ2n) is 7.68. The molecule has 2 N–H and O–H groups in total. The van der Waals surface area contributed by atoms with Crippen LogP contribution in [0.5, 0.6) is 0 Å². The highest BCUT2D eigenvalue weighted by molar-refractivity contribution is 5.96. The van der Waals surface area contributed by atoms with E-state index in [9.17, 15) is 4.39 Å². The fraction of sp³-hybridized carbons (Fsp3) is 0.0870. The molecular weight excluding hydrogens is 407 g/mol. The highest BCUT2D eigenvalue weighted by Crippen LogP contribution is 2.33. The van der Waals surface area contributed by atoms with Crippen LogP contribution >= 0.6 is 0 Å². The van der Waals surface area contributed by atoms with E-state index in [1.54, 1.807) is 24.9 Å². The number of imidazole rings is 2. The van der Waals surface area contributed by atoms with Crippen molar-refractivity contribution in [1.29, 1.82) is 0 Å². The van der Waals surface area contributed by atoms with Gasteiger partial charge in [-0.15, -0.1) is 0 Å². The van der Waals surface area contributed by atoms with Crippen LogP contribution in [0, 0.1) is 19.7 Å². The zero-order valence-corrected chi connectivity index (χ0v) is 17.3. The summed E-state index contributed by atoms with van der Waals surface area (Å²) in [4.78, 5) is 20.8. The van der Waals surface area contributed by atoms with Gasteiger partial charge in [-0.05, 0) is 49.2 Å². The number of halogens is 1. The zero-order valence-electron chi connectivity index (χ0n) is 17.3. The first-order valence-electron chi connectivity index (χ1n) is 10.0. The topological polar surface area (TPSA) is 101 Å². The summed E-state index contributed by atoms with van der Waals surface area (Å²) in [7, 11) is 0. The lowest BCUT2D eigenvalue weighted by Crippen LogP contribution is -1.92.